The smallest absolute Gasteiger partial charge is 0.309 e. The monoisotopic (exact) mass is 262 g/mol. The van der Waals surface area contributed by atoms with Crippen LogP contribution in [0.25, 0.3) is 0 Å². The predicted molar refractivity (Wildman–Crippen MR) is 77.7 cm³/mol. The zero-order valence-electron chi connectivity index (χ0n) is 12.9. The third kappa shape index (κ3) is 2.37. The van der Waals surface area contributed by atoms with Crippen molar-refractivity contribution >= 4 is 5.97 Å². The van der Waals surface area contributed by atoms with Crippen molar-refractivity contribution in [2.75, 3.05) is 7.11 Å². The fourth-order valence-corrected chi connectivity index (χ4v) is 4.25. The number of methoxy groups -OCH3 is 1. The third-order valence-corrected chi connectivity index (χ3v) is 5.30. The molecule has 0 aliphatic heterocycles. The summed E-state index contributed by atoms with van der Waals surface area (Å²) in [5.74, 6) is 0.408. The van der Waals surface area contributed by atoms with Crippen LogP contribution < -0.4 is 0 Å². The average Bonchev–Trinajstić information content (AvgIpc) is 2.32. The lowest BCUT2D eigenvalue weighted by Gasteiger charge is -2.53. The summed E-state index contributed by atoms with van der Waals surface area (Å²) in [5, 5.41) is 0. The van der Waals surface area contributed by atoms with Gasteiger partial charge in [-0.3, -0.25) is 4.79 Å². The molecule has 2 aliphatic carbocycles. The second kappa shape index (κ2) is 4.81. The minimum absolute atomic E-state index is 0.118. The normalized spacial score (nSPS) is 33.0. The molecule has 0 aromatic rings. The lowest BCUT2D eigenvalue weighted by atomic mass is 9.52. The number of rotatable bonds is 2. The Hall–Kier alpha value is -1.05. The van der Waals surface area contributed by atoms with Crippen LogP contribution >= 0.6 is 0 Å². The maximum absolute atomic E-state index is 11.7. The van der Waals surface area contributed by atoms with Crippen molar-refractivity contribution in [3.63, 3.8) is 0 Å². The molecule has 0 radical (unpaired) electrons. The highest BCUT2D eigenvalue weighted by Crippen LogP contribution is 2.58. The van der Waals surface area contributed by atoms with Gasteiger partial charge in [0, 0.05) is 0 Å². The first-order chi connectivity index (χ1) is 8.81. The number of allylic oxidation sites excluding steroid dienone is 3. The van der Waals surface area contributed by atoms with Crippen molar-refractivity contribution in [3.8, 4) is 0 Å². The lowest BCUT2D eigenvalue weighted by molar-refractivity contribution is -0.140. The van der Waals surface area contributed by atoms with E-state index in [1.807, 2.05) is 0 Å². The van der Waals surface area contributed by atoms with Gasteiger partial charge < -0.3 is 4.74 Å². The topological polar surface area (TPSA) is 26.3 Å². The summed E-state index contributed by atoms with van der Waals surface area (Å²) in [6.45, 7) is 9.17. The number of ether oxygens (including phenoxy) is 1. The van der Waals surface area contributed by atoms with Crippen LogP contribution in [-0.2, 0) is 9.53 Å². The summed E-state index contributed by atoms with van der Waals surface area (Å²) in [5.41, 5.74) is 2.97. The van der Waals surface area contributed by atoms with Crippen molar-refractivity contribution < 1.29 is 9.53 Å². The van der Waals surface area contributed by atoms with E-state index >= 15 is 0 Å². The van der Waals surface area contributed by atoms with Crippen LogP contribution in [0.2, 0.25) is 0 Å². The average molecular weight is 262 g/mol. The van der Waals surface area contributed by atoms with Gasteiger partial charge in [-0.25, -0.2) is 0 Å². The van der Waals surface area contributed by atoms with Gasteiger partial charge in [-0.1, -0.05) is 44.9 Å². The molecule has 0 spiro atoms. The molecule has 0 aromatic carbocycles. The molecule has 2 nitrogen and oxygen atoms in total. The van der Waals surface area contributed by atoms with E-state index in [2.05, 4.69) is 39.8 Å². The van der Waals surface area contributed by atoms with Crippen molar-refractivity contribution in [1.82, 2.24) is 0 Å². The van der Waals surface area contributed by atoms with E-state index in [0.717, 1.165) is 0 Å². The predicted octanol–water partition coefficient (Wildman–Crippen LogP) is 4.27. The molecule has 2 heteroatoms. The van der Waals surface area contributed by atoms with Crippen LogP contribution in [0.3, 0.4) is 0 Å². The van der Waals surface area contributed by atoms with Gasteiger partial charge in [-0.15, -0.1) is 0 Å². The van der Waals surface area contributed by atoms with Crippen molar-refractivity contribution in [3.05, 3.63) is 23.3 Å². The Kier molecular flexibility index (Phi) is 3.63. The second-order valence-electron chi connectivity index (χ2n) is 7.01. The molecule has 1 saturated carbocycles. The van der Waals surface area contributed by atoms with E-state index in [4.69, 9.17) is 4.74 Å². The molecule has 106 valence electrons. The molecule has 0 heterocycles. The Bertz CT molecular complexity index is 442. The summed E-state index contributed by atoms with van der Waals surface area (Å²) >= 11 is 0. The van der Waals surface area contributed by atoms with Gasteiger partial charge in [0.2, 0.25) is 0 Å². The highest BCUT2D eigenvalue weighted by molar-refractivity contribution is 5.73. The van der Waals surface area contributed by atoms with Crippen molar-refractivity contribution in [2.45, 2.75) is 53.4 Å². The Labute approximate surface area is 116 Å². The van der Waals surface area contributed by atoms with Crippen LogP contribution in [0.4, 0.5) is 0 Å². The zero-order valence-corrected chi connectivity index (χ0v) is 12.9. The Balaban J connectivity index is 2.40. The van der Waals surface area contributed by atoms with Gasteiger partial charge in [0.1, 0.15) is 0 Å². The van der Waals surface area contributed by atoms with E-state index in [-0.39, 0.29) is 11.4 Å². The maximum atomic E-state index is 11.7. The van der Waals surface area contributed by atoms with E-state index in [0.29, 0.717) is 17.8 Å². The Morgan fingerprint density at radius 1 is 1.37 bits per heavy atom. The van der Waals surface area contributed by atoms with Gasteiger partial charge in [-0.05, 0) is 42.1 Å². The van der Waals surface area contributed by atoms with Gasteiger partial charge in [0.15, 0.2) is 0 Å². The maximum Gasteiger partial charge on any atom is 0.309 e. The van der Waals surface area contributed by atoms with Crippen molar-refractivity contribution in [1.29, 1.82) is 0 Å². The third-order valence-electron chi connectivity index (χ3n) is 5.30. The molecule has 0 saturated heterocycles. The first kappa shape index (κ1) is 14.4. The summed E-state index contributed by atoms with van der Waals surface area (Å²) in [6, 6.07) is 0. The first-order valence-corrected chi connectivity index (χ1v) is 7.26. The van der Waals surface area contributed by atoms with Crippen molar-refractivity contribution in [2.24, 2.45) is 16.7 Å². The number of carbonyl (C=O) groups excluding carboxylic acids is 1. The Morgan fingerprint density at radius 2 is 2.05 bits per heavy atom. The second-order valence-corrected chi connectivity index (χ2v) is 7.01. The number of hydrogen-bond donors (Lipinski definition) is 0. The quantitative estimate of drug-likeness (QED) is 0.695. The molecular weight excluding hydrogens is 236 g/mol. The SMILES string of the molecule is COC(=O)CC1=C(C)C=CC2C(C)(C)CCC[C@]12C. The fraction of sp³-hybridized carbons (Fsp3) is 0.706. The molecule has 2 atom stereocenters. The van der Waals surface area contributed by atoms with E-state index < -0.39 is 0 Å². The molecular formula is C17H26O2. The van der Waals surface area contributed by atoms with Crippen LogP contribution in [0.5, 0.6) is 0 Å². The van der Waals surface area contributed by atoms with Crippen LogP contribution in [0.15, 0.2) is 23.3 Å². The number of esters is 1. The highest BCUT2D eigenvalue weighted by Gasteiger charge is 2.48. The summed E-state index contributed by atoms with van der Waals surface area (Å²) in [7, 11) is 1.47. The minimum Gasteiger partial charge on any atom is -0.469 e. The molecule has 2 aliphatic rings. The summed E-state index contributed by atoms with van der Waals surface area (Å²) in [6.07, 6.45) is 8.70. The van der Waals surface area contributed by atoms with Gasteiger partial charge in [0.05, 0.1) is 13.5 Å². The van der Waals surface area contributed by atoms with Crippen LogP contribution in [-0.4, -0.2) is 13.1 Å². The van der Waals surface area contributed by atoms with Gasteiger partial charge in [0.25, 0.3) is 0 Å². The van der Waals surface area contributed by atoms with Crippen LogP contribution in [0.1, 0.15) is 53.4 Å². The standard InChI is InChI=1S/C17H26O2/c1-12-7-8-14-16(2,3)9-6-10-17(14,4)13(12)11-15(18)19-5/h7-8,14H,6,9-11H2,1-5H3/t14?,17-/m1/s1. The lowest BCUT2D eigenvalue weighted by Crippen LogP contribution is -2.44. The molecule has 0 amide bonds. The minimum atomic E-state index is -0.118. The van der Waals surface area contributed by atoms with E-state index in [9.17, 15) is 4.79 Å². The summed E-state index contributed by atoms with van der Waals surface area (Å²) in [4.78, 5) is 11.7. The number of fused-ring (bicyclic) bond motifs is 1. The van der Waals surface area contributed by atoms with Gasteiger partial charge in [-0.2, -0.15) is 0 Å². The molecule has 1 fully saturated rings. The number of carbonyl (C=O) groups is 1. The highest BCUT2D eigenvalue weighted by atomic mass is 16.5. The fourth-order valence-electron chi connectivity index (χ4n) is 4.25. The molecule has 19 heavy (non-hydrogen) atoms. The van der Waals surface area contributed by atoms with Crippen LogP contribution in [0, 0.1) is 16.7 Å². The zero-order chi connectivity index (χ0) is 14.3. The molecule has 0 aromatic heterocycles. The van der Waals surface area contributed by atoms with Gasteiger partial charge >= 0.3 is 5.97 Å². The largest absolute Gasteiger partial charge is 0.469 e. The Morgan fingerprint density at radius 3 is 2.68 bits per heavy atom. The summed E-state index contributed by atoms with van der Waals surface area (Å²) < 4.78 is 4.88. The molecule has 0 N–H and O–H groups in total. The van der Waals surface area contributed by atoms with E-state index in [1.54, 1.807) is 0 Å². The van der Waals surface area contributed by atoms with E-state index in [1.165, 1.54) is 37.5 Å². The first-order valence-electron chi connectivity index (χ1n) is 7.26. The molecule has 0 bridgehead atoms. The number of hydrogen-bond acceptors (Lipinski definition) is 2. The molecule has 2 rings (SSSR count). The molecule has 1 unspecified atom stereocenters.